The Hall–Kier alpha value is -8.83. The number of carbonyl (C=O) groups is 7. The zero-order valence-electron chi connectivity index (χ0n) is 55.0. The second kappa shape index (κ2) is 29.3. The summed E-state index contributed by atoms with van der Waals surface area (Å²) in [4.78, 5) is 135. The van der Waals surface area contributed by atoms with E-state index < -0.39 is 133 Å². The third kappa shape index (κ3) is 14.4. The Morgan fingerprint density at radius 1 is 0.842 bits per heavy atom. The molecule has 0 spiro atoms. The van der Waals surface area contributed by atoms with Crippen molar-refractivity contribution in [3.05, 3.63) is 112 Å². The lowest BCUT2D eigenvalue weighted by Gasteiger charge is -2.48. The normalized spacial score (nSPS) is 24.9. The van der Waals surface area contributed by atoms with Gasteiger partial charge in [-0.25, -0.2) is 39.5 Å². The Labute approximate surface area is 594 Å². The topological polar surface area (TPSA) is 414 Å². The van der Waals surface area contributed by atoms with Gasteiger partial charge in [0.1, 0.15) is 120 Å². The van der Waals surface area contributed by atoms with Crippen molar-refractivity contribution in [2.45, 2.75) is 108 Å². The van der Waals surface area contributed by atoms with Gasteiger partial charge in [0.15, 0.2) is 18.1 Å². The van der Waals surface area contributed by atoms with Gasteiger partial charge >= 0.3 is 11.9 Å². The molecule has 10 atom stereocenters. The van der Waals surface area contributed by atoms with Crippen LogP contribution in [0.25, 0.3) is 49.3 Å². The molecule has 12 heterocycles. The first-order valence-corrected chi connectivity index (χ1v) is 36.1. The van der Waals surface area contributed by atoms with E-state index in [4.69, 9.17) is 48.1 Å². The molecule has 2 fully saturated rings. The van der Waals surface area contributed by atoms with E-state index in [1.165, 1.54) is 54.6 Å². The van der Waals surface area contributed by atoms with Crippen molar-refractivity contribution in [3.8, 4) is 38.4 Å². The van der Waals surface area contributed by atoms with E-state index in [2.05, 4.69) is 46.4 Å². The summed E-state index contributed by atoms with van der Waals surface area (Å²) in [6.45, 7) is 7.88. The predicted octanol–water partition coefficient (Wildman–Crippen LogP) is 4.22. The first kappa shape index (κ1) is 70.6. The highest BCUT2D eigenvalue weighted by Gasteiger charge is 2.50. The van der Waals surface area contributed by atoms with Crippen LogP contribution in [-0.2, 0) is 56.0 Å². The minimum Gasteiger partial charge on any atom is -0.506 e. The SMILES string of the molecule is CO/C(C)=C1/NC(=O)[C@H]([C@@H](C)O)NC(=O)c2csc(n2)-c2cc(O)c(-c3nc(C(=O)NCCN4CCOCC4)cs3)nc2-c2csc(n2)[C@@H]2COC(=O)c3c4c5c(cccc5n3O)COC(=O)C(O[C@H]3C[C@](C)(O)[C@H](N(C)C)[C@H](C)O3)[C@H](OC4)[C@H](NC(=O)c3csc1n3)c1nc(cs1)C(=O)N2. The third-order valence-electron chi connectivity index (χ3n) is 17.6. The van der Waals surface area contributed by atoms with E-state index in [1.807, 2.05) is 0 Å². The van der Waals surface area contributed by atoms with Gasteiger partial charge in [0, 0.05) is 76.0 Å². The van der Waals surface area contributed by atoms with Gasteiger partial charge in [-0.05, 0) is 59.5 Å². The van der Waals surface area contributed by atoms with Crippen LogP contribution in [0.3, 0.4) is 0 Å². The number of thiazole rings is 5. The summed E-state index contributed by atoms with van der Waals surface area (Å²) in [5, 5.41) is 69.0. The Bertz CT molecular complexity index is 4570. The van der Waals surface area contributed by atoms with Gasteiger partial charge in [-0.2, -0.15) is 4.73 Å². The van der Waals surface area contributed by atoms with Gasteiger partial charge in [0.25, 0.3) is 23.6 Å². The highest BCUT2D eigenvalue weighted by Crippen LogP contribution is 2.43. The van der Waals surface area contributed by atoms with Gasteiger partial charge in [0.2, 0.25) is 5.91 Å². The molecule has 5 aliphatic rings. The minimum absolute atomic E-state index is 0.00244. The van der Waals surface area contributed by atoms with Crippen LogP contribution in [-0.4, -0.2) is 222 Å². The molecular weight excluding hydrogens is 1410 g/mol. The van der Waals surface area contributed by atoms with Crippen molar-refractivity contribution in [1.82, 2.24) is 71.0 Å². The molecule has 2 saturated heterocycles. The van der Waals surface area contributed by atoms with Crippen LogP contribution in [0, 0.1) is 0 Å². The van der Waals surface area contributed by atoms with E-state index in [1.54, 1.807) is 50.4 Å². The first-order valence-electron chi connectivity index (χ1n) is 31.7. The summed E-state index contributed by atoms with van der Waals surface area (Å²) in [6.07, 6.45) is -7.48. The fourth-order valence-corrected chi connectivity index (χ4v) is 16.9. The molecule has 532 valence electrons. The molecule has 0 radical (unpaired) electrons. The Morgan fingerprint density at radius 2 is 1.52 bits per heavy atom. The molecule has 12 bridgehead atoms. The summed E-state index contributed by atoms with van der Waals surface area (Å²) >= 11 is 4.73. The van der Waals surface area contributed by atoms with Gasteiger partial charge in [-0.3, -0.25) is 28.9 Å². The number of likely N-dealkylation sites (N-methyl/N-ethyl adjacent to an activating group) is 1. The van der Waals surface area contributed by atoms with E-state index >= 15 is 19.2 Å². The number of carbonyl (C=O) groups excluding carboxylic acids is 7. The lowest BCUT2D eigenvalue weighted by molar-refractivity contribution is -0.280. The number of esters is 2. The van der Waals surface area contributed by atoms with E-state index in [9.17, 15) is 34.9 Å². The number of aliphatic hydroxyl groups excluding tert-OH is 1. The van der Waals surface area contributed by atoms with Crippen LogP contribution in [0.4, 0.5) is 0 Å². The monoisotopic (exact) mass is 1480 g/mol. The minimum atomic E-state index is -1.90. The van der Waals surface area contributed by atoms with Gasteiger partial charge in [0.05, 0.1) is 56.3 Å². The first-order chi connectivity index (χ1) is 48.4. The summed E-state index contributed by atoms with van der Waals surface area (Å²) in [6, 6.07) is 0.844. The largest absolute Gasteiger partial charge is 0.506 e. The molecule has 5 aliphatic heterocycles. The number of rotatable bonds is 10. The van der Waals surface area contributed by atoms with Crippen LogP contribution in [0.15, 0.2) is 56.9 Å². The molecule has 5 amide bonds. The molecule has 1 aromatic carbocycles. The van der Waals surface area contributed by atoms with Crippen LogP contribution >= 0.6 is 56.7 Å². The number of nitrogens with zero attached hydrogens (tertiary/aromatic N) is 9. The molecular formula is C64H68N14O18S5. The van der Waals surface area contributed by atoms with Crippen molar-refractivity contribution >= 4 is 115 Å². The molecule has 101 heavy (non-hydrogen) atoms. The lowest BCUT2D eigenvalue weighted by atomic mass is 9.85. The fourth-order valence-electron chi connectivity index (χ4n) is 12.7. The highest BCUT2D eigenvalue weighted by molar-refractivity contribution is 7.14. The summed E-state index contributed by atoms with van der Waals surface area (Å²) in [5.74, 6) is -6.64. The van der Waals surface area contributed by atoms with Gasteiger partial charge in [-0.15, -0.1) is 56.7 Å². The van der Waals surface area contributed by atoms with E-state index in [0.29, 0.717) is 36.6 Å². The summed E-state index contributed by atoms with van der Waals surface area (Å²) < 4.78 is 43.8. The Kier molecular flexibility index (Phi) is 20.5. The molecule has 0 aliphatic carbocycles. The van der Waals surface area contributed by atoms with Crippen LogP contribution in [0.2, 0.25) is 0 Å². The number of benzene rings is 1. The number of aromatic nitrogens is 7. The predicted molar refractivity (Wildman–Crippen MR) is 364 cm³/mol. The number of fused-ring (bicyclic) bond motifs is 15. The number of aliphatic hydroxyl groups is 2. The average Bonchev–Trinajstić information content (AvgIpc) is 1.67. The molecule has 7 aromatic heterocycles. The van der Waals surface area contributed by atoms with E-state index in [0.717, 1.165) is 69.8 Å². The molecule has 13 rings (SSSR count). The Balaban J connectivity index is 0.960. The number of allylic oxidation sites excluding steroid dienone is 1. The molecule has 32 nitrogen and oxygen atoms in total. The lowest BCUT2D eigenvalue weighted by Crippen LogP contribution is -2.62. The number of amides is 5. The second-order valence-electron chi connectivity index (χ2n) is 24.7. The number of hydrogen-bond donors (Lipinski definition) is 9. The molecule has 37 heteroatoms. The molecule has 1 unspecified atom stereocenters. The quantitative estimate of drug-likeness (QED) is 0.0525. The second-order valence-corrected chi connectivity index (χ2v) is 29.1. The fraction of sp³-hybridized carbons (Fsp3) is 0.422. The van der Waals surface area contributed by atoms with Gasteiger partial charge < -0.3 is 85.2 Å². The van der Waals surface area contributed by atoms with Crippen molar-refractivity contribution in [3.63, 3.8) is 0 Å². The maximum Gasteiger partial charge on any atom is 0.358 e. The molecule has 0 saturated carbocycles. The zero-order chi connectivity index (χ0) is 71.3. The number of pyridine rings is 1. The van der Waals surface area contributed by atoms with Crippen molar-refractivity contribution in [2.75, 3.05) is 67.2 Å². The number of cyclic esters (lactones) is 2. The van der Waals surface area contributed by atoms with Crippen LogP contribution in [0.1, 0.15) is 125 Å². The van der Waals surface area contributed by atoms with E-state index in [-0.39, 0.29) is 105 Å². The number of hydrogen-bond acceptors (Lipinski definition) is 31. The number of nitrogens with one attached hydrogen (secondary N) is 5. The Morgan fingerprint density at radius 3 is 2.27 bits per heavy atom. The zero-order valence-corrected chi connectivity index (χ0v) is 59.1. The van der Waals surface area contributed by atoms with Crippen LogP contribution < -0.4 is 26.6 Å². The molecule has 9 N–H and O–H groups in total. The maximum absolute atomic E-state index is 15.2. The third-order valence-corrected chi connectivity index (χ3v) is 22.0. The van der Waals surface area contributed by atoms with Crippen molar-refractivity contribution < 1.29 is 87.2 Å². The number of ether oxygens (including phenoxy) is 7. The van der Waals surface area contributed by atoms with Crippen LogP contribution in [0.5, 0.6) is 5.75 Å². The van der Waals surface area contributed by atoms with Crippen molar-refractivity contribution in [2.24, 2.45) is 0 Å². The number of methoxy groups -OCH3 is 1. The smallest absolute Gasteiger partial charge is 0.358 e. The summed E-state index contributed by atoms with van der Waals surface area (Å²) in [7, 11) is 4.87. The maximum atomic E-state index is 15.2. The molecule has 8 aromatic rings. The highest BCUT2D eigenvalue weighted by atomic mass is 32.1. The number of morpholine rings is 1. The summed E-state index contributed by atoms with van der Waals surface area (Å²) in [5.41, 5.74) is -2.12. The standard InChI is InChI=1S/C64H68N14O18S5/c1-27(79)43-56(85)74-44(28(2)90-7)59-70-38(26-99-59)55(84)75-47-49-50(96-41-18-64(4,88)51(76(5)6)29(3)95-41)63(87)93-19-30-9-8-10-39-42(30)32(20-92-49)48(78(39)89)62(86)94-21-33(66-53(82)36-25-101-61(47)71-36)58-67-34(22-98-58)45-31(57-68-37(24-97-57)54(83)73-43)17-40(80)46(72-45)60-69-35(23-100-60)52(81)65-11-12-77-13-15-91-16-14-77/h8-10,17,22-27,29,33,41,43,47,49-51,79-80,88-89H,11-16,18-21H2,1-7H3,(H,65,81)(H,66,82)(H,73,83)(H,74,85)(H,75,84)/b44-28+/t27-,29+,33+,41+,43+,47+,49-,50?,51-,64+/m1/s1. The average molecular weight is 1480 g/mol. The van der Waals surface area contributed by atoms with Crippen molar-refractivity contribution in [1.29, 1.82) is 0 Å². The number of aromatic hydroxyl groups is 1. The van der Waals surface area contributed by atoms with Gasteiger partial charge in [-0.1, -0.05) is 12.1 Å².